The molecule has 6 heteroatoms. The maximum absolute atomic E-state index is 11.7. The lowest BCUT2D eigenvalue weighted by Gasteiger charge is -2.19. The van der Waals surface area contributed by atoms with Crippen molar-refractivity contribution in [3.8, 4) is 11.5 Å². The molecule has 0 aliphatic carbocycles. The Morgan fingerprint density at radius 2 is 1.90 bits per heavy atom. The average Bonchev–Trinajstić information content (AvgIpc) is 2.47. The smallest absolute Gasteiger partial charge is 0.226 e. The highest BCUT2D eigenvalue weighted by Gasteiger charge is 2.12. The van der Waals surface area contributed by atoms with Gasteiger partial charge >= 0.3 is 0 Å². The van der Waals surface area contributed by atoms with Crippen LogP contribution < -0.4 is 20.1 Å². The maximum Gasteiger partial charge on any atom is 0.226 e. The number of rotatable bonds is 5. The fourth-order valence-electron chi connectivity index (χ4n) is 1.79. The lowest BCUT2D eigenvalue weighted by molar-refractivity contribution is -0.121. The van der Waals surface area contributed by atoms with Crippen LogP contribution in [-0.2, 0) is 9.59 Å². The van der Waals surface area contributed by atoms with Crippen molar-refractivity contribution in [2.24, 2.45) is 0 Å². The van der Waals surface area contributed by atoms with Gasteiger partial charge in [-0.2, -0.15) is 0 Å². The molecular weight excluding hydrogens is 260 g/mol. The molecule has 0 saturated heterocycles. The van der Waals surface area contributed by atoms with Crippen molar-refractivity contribution >= 4 is 17.5 Å². The summed E-state index contributed by atoms with van der Waals surface area (Å²) in [5.41, 5.74) is 0.654. The molecule has 1 aliphatic rings. The summed E-state index contributed by atoms with van der Waals surface area (Å²) in [6.45, 7) is 3.15. The van der Waals surface area contributed by atoms with Crippen molar-refractivity contribution in [3.05, 3.63) is 18.2 Å². The van der Waals surface area contributed by atoms with Crippen LogP contribution in [0.4, 0.5) is 5.69 Å². The molecule has 0 spiro atoms. The first-order valence-corrected chi connectivity index (χ1v) is 6.65. The van der Waals surface area contributed by atoms with Gasteiger partial charge in [0.05, 0.1) is 0 Å². The number of nitrogens with one attached hydrogen (secondary N) is 2. The zero-order valence-electron chi connectivity index (χ0n) is 11.4. The molecule has 20 heavy (non-hydrogen) atoms. The third-order valence-corrected chi connectivity index (χ3v) is 2.82. The Balaban J connectivity index is 1.83. The number of carbonyl (C=O) groups is 2. The molecule has 6 nitrogen and oxygen atoms in total. The minimum atomic E-state index is -0.155. The van der Waals surface area contributed by atoms with Crippen molar-refractivity contribution in [1.29, 1.82) is 0 Å². The highest BCUT2D eigenvalue weighted by molar-refractivity contribution is 5.91. The predicted octanol–water partition coefficient (Wildman–Crippen LogP) is 1.31. The second kappa shape index (κ2) is 6.79. The minimum absolute atomic E-state index is 0.0582. The van der Waals surface area contributed by atoms with Gasteiger partial charge in [0, 0.05) is 31.1 Å². The number of carbonyl (C=O) groups excluding carboxylic acids is 2. The third-order valence-electron chi connectivity index (χ3n) is 2.82. The quantitative estimate of drug-likeness (QED) is 0.851. The summed E-state index contributed by atoms with van der Waals surface area (Å²) in [4.78, 5) is 22.8. The molecule has 0 radical (unpaired) electrons. The lowest BCUT2D eigenvalue weighted by Crippen LogP contribution is -2.26. The minimum Gasteiger partial charge on any atom is -0.486 e. The Morgan fingerprint density at radius 1 is 1.15 bits per heavy atom. The first-order chi connectivity index (χ1) is 9.69. The van der Waals surface area contributed by atoms with E-state index in [9.17, 15) is 9.59 Å². The van der Waals surface area contributed by atoms with Crippen LogP contribution >= 0.6 is 0 Å². The van der Waals surface area contributed by atoms with E-state index in [1.165, 1.54) is 0 Å². The van der Waals surface area contributed by atoms with Crippen molar-refractivity contribution in [3.63, 3.8) is 0 Å². The zero-order valence-corrected chi connectivity index (χ0v) is 11.4. The van der Waals surface area contributed by atoms with E-state index < -0.39 is 0 Å². The number of hydrogen-bond acceptors (Lipinski definition) is 4. The van der Waals surface area contributed by atoms with Gasteiger partial charge in [-0.15, -0.1) is 0 Å². The second-order valence-electron chi connectivity index (χ2n) is 4.36. The van der Waals surface area contributed by atoms with Gasteiger partial charge in [0.15, 0.2) is 11.5 Å². The Bertz CT molecular complexity index is 502. The van der Waals surface area contributed by atoms with Crippen LogP contribution in [0.2, 0.25) is 0 Å². The van der Waals surface area contributed by atoms with E-state index in [2.05, 4.69) is 10.6 Å². The molecule has 0 unspecified atom stereocenters. The summed E-state index contributed by atoms with van der Waals surface area (Å²) < 4.78 is 10.8. The van der Waals surface area contributed by atoms with Gasteiger partial charge in [0.2, 0.25) is 11.8 Å². The number of fused-ring (bicyclic) bond motifs is 1. The van der Waals surface area contributed by atoms with Crippen LogP contribution in [0.25, 0.3) is 0 Å². The van der Waals surface area contributed by atoms with Crippen molar-refractivity contribution in [2.45, 2.75) is 19.8 Å². The number of ether oxygens (including phenoxy) is 2. The molecule has 1 aliphatic heterocycles. The van der Waals surface area contributed by atoms with E-state index in [0.717, 1.165) is 0 Å². The average molecular weight is 278 g/mol. The van der Waals surface area contributed by atoms with Gasteiger partial charge in [-0.3, -0.25) is 9.59 Å². The van der Waals surface area contributed by atoms with Crippen LogP contribution in [0.1, 0.15) is 19.8 Å². The Hall–Kier alpha value is -2.24. The lowest BCUT2D eigenvalue weighted by atomic mass is 10.2. The number of anilines is 1. The summed E-state index contributed by atoms with van der Waals surface area (Å²) >= 11 is 0. The summed E-state index contributed by atoms with van der Waals surface area (Å²) in [7, 11) is 0. The Kier molecular flexibility index (Phi) is 4.81. The molecule has 2 N–H and O–H groups in total. The van der Waals surface area contributed by atoms with Crippen LogP contribution in [0, 0.1) is 0 Å². The van der Waals surface area contributed by atoms with E-state index in [4.69, 9.17) is 9.47 Å². The van der Waals surface area contributed by atoms with Gasteiger partial charge < -0.3 is 20.1 Å². The molecule has 1 heterocycles. The van der Waals surface area contributed by atoms with Crippen LogP contribution in [0.15, 0.2) is 18.2 Å². The van der Waals surface area contributed by atoms with Gasteiger partial charge in [-0.1, -0.05) is 6.92 Å². The Morgan fingerprint density at radius 3 is 2.65 bits per heavy atom. The maximum atomic E-state index is 11.7. The van der Waals surface area contributed by atoms with E-state index in [-0.39, 0.29) is 18.2 Å². The molecule has 1 aromatic rings. The molecule has 2 rings (SSSR count). The molecule has 0 saturated carbocycles. The van der Waals surface area contributed by atoms with E-state index in [1.807, 2.05) is 0 Å². The Labute approximate surface area is 117 Å². The number of hydrogen-bond donors (Lipinski definition) is 2. The molecular formula is C14H18N2O4. The predicted molar refractivity (Wildman–Crippen MR) is 74.0 cm³/mol. The van der Waals surface area contributed by atoms with Crippen molar-refractivity contribution < 1.29 is 19.1 Å². The fourth-order valence-corrected chi connectivity index (χ4v) is 1.79. The summed E-state index contributed by atoms with van der Waals surface area (Å²) in [5.74, 6) is 1.10. The first-order valence-electron chi connectivity index (χ1n) is 6.65. The summed E-state index contributed by atoms with van der Waals surface area (Å²) in [6, 6.07) is 5.26. The van der Waals surface area contributed by atoms with Gasteiger partial charge in [-0.05, 0) is 12.1 Å². The second-order valence-corrected chi connectivity index (χ2v) is 4.36. The number of benzene rings is 1. The highest BCUT2D eigenvalue weighted by Crippen LogP contribution is 2.32. The number of amides is 2. The third kappa shape index (κ3) is 3.88. The van der Waals surface area contributed by atoms with E-state index in [1.54, 1.807) is 25.1 Å². The molecule has 2 amide bonds. The van der Waals surface area contributed by atoms with Gasteiger partial charge in [0.1, 0.15) is 13.2 Å². The van der Waals surface area contributed by atoms with Gasteiger partial charge in [0.25, 0.3) is 0 Å². The fraction of sp³-hybridized carbons (Fsp3) is 0.429. The van der Waals surface area contributed by atoms with Crippen LogP contribution in [-0.4, -0.2) is 31.6 Å². The van der Waals surface area contributed by atoms with E-state index in [0.29, 0.717) is 43.4 Å². The van der Waals surface area contributed by atoms with Crippen molar-refractivity contribution in [2.75, 3.05) is 25.1 Å². The molecule has 108 valence electrons. The van der Waals surface area contributed by atoms with Gasteiger partial charge in [-0.25, -0.2) is 0 Å². The zero-order chi connectivity index (χ0) is 14.4. The normalized spacial score (nSPS) is 12.7. The van der Waals surface area contributed by atoms with Crippen molar-refractivity contribution in [1.82, 2.24) is 5.32 Å². The first kappa shape index (κ1) is 14.2. The van der Waals surface area contributed by atoms with E-state index >= 15 is 0 Å². The molecule has 0 fully saturated rings. The topological polar surface area (TPSA) is 76.7 Å². The molecule has 0 atom stereocenters. The summed E-state index contributed by atoms with van der Waals surface area (Å²) in [6.07, 6.45) is 0.657. The molecule has 0 aromatic heterocycles. The largest absolute Gasteiger partial charge is 0.486 e. The standard InChI is InChI=1S/C14H18N2O4/c1-2-13(17)15-6-5-14(18)16-10-3-4-11-12(9-10)20-8-7-19-11/h3-4,9H,2,5-8H2,1H3,(H,15,17)(H,16,18). The van der Waals surface area contributed by atoms with Crippen LogP contribution in [0.5, 0.6) is 11.5 Å². The molecule has 0 bridgehead atoms. The SMILES string of the molecule is CCC(=O)NCCC(=O)Nc1ccc2c(c1)OCCO2. The van der Waals surface area contributed by atoms with Crippen LogP contribution in [0.3, 0.4) is 0 Å². The summed E-state index contributed by atoms with van der Waals surface area (Å²) in [5, 5.41) is 5.41. The monoisotopic (exact) mass is 278 g/mol. The molecule has 1 aromatic carbocycles. The highest BCUT2D eigenvalue weighted by atomic mass is 16.6.